The fraction of sp³-hybridized carbons (Fsp3) is 0.538. The van der Waals surface area contributed by atoms with Gasteiger partial charge in [-0.2, -0.15) is 13.2 Å². The summed E-state index contributed by atoms with van der Waals surface area (Å²) in [4.78, 5) is 2.12. The largest absolute Gasteiger partial charge is 0.416 e. The molecule has 1 aliphatic heterocycles. The monoisotopic (exact) mass is 243 g/mol. The SMILES string of the molecule is CCN1CCCC1c1ccccc1C(F)(F)F. The van der Waals surface area contributed by atoms with Crippen LogP contribution in [0.5, 0.6) is 0 Å². The van der Waals surface area contributed by atoms with E-state index in [0.29, 0.717) is 5.56 Å². The average Bonchev–Trinajstić information content (AvgIpc) is 2.75. The van der Waals surface area contributed by atoms with Crippen LogP contribution in [-0.4, -0.2) is 18.0 Å². The van der Waals surface area contributed by atoms with E-state index >= 15 is 0 Å². The van der Waals surface area contributed by atoms with Crippen molar-refractivity contribution in [3.05, 3.63) is 35.4 Å². The maximum absolute atomic E-state index is 12.9. The topological polar surface area (TPSA) is 3.24 Å². The summed E-state index contributed by atoms with van der Waals surface area (Å²) >= 11 is 0. The number of hydrogen-bond donors (Lipinski definition) is 0. The number of likely N-dealkylation sites (tertiary alicyclic amines) is 1. The molecule has 1 saturated heterocycles. The van der Waals surface area contributed by atoms with Gasteiger partial charge in [0, 0.05) is 6.04 Å². The minimum Gasteiger partial charge on any atom is -0.297 e. The van der Waals surface area contributed by atoms with Gasteiger partial charge in [-0.05, 0) is 37.6 Å². The predicted octanol–water partition coefficient (Wildman–Crippen LogP) is 3.86. The molecule has 1 atom stereocenters. The second kappa shape index (κ2) is 4.69. The molecule has 0 amide bonds. The first kappa shape index (κ1) is 12.4. The maximum atomic E-state index is 12.9. The summed E-state index contributed by atoms with van der Waals surface area (Å²) in [6.45, 7) is 3.69. The summed E-state index contributed by atoms with van der Waals surface area (Å²) in [6.07, 6.45) is -2.45. The van der Waals surface area contributed by atoms with Crippen LogP contribution >= 0.6 is 0 Å². The fourth-order valence-corrected chi connectivity index (χ4v) is 2.60. The summed E-state index contributed by atoms with van der Waals surface area (Å²) in [5.74, 6) is 0. The van der Waals surface area contributed by atoms with Crippen molar-refractivity contribution in [2.24, 2.45) is 0 Å². The highest BCUT2D eigenvalue weighted by Crippen LogP contribution is 2.39. The molecule has 0 radical (unpaired) electrons. The average molecular weight is 243 g/mol. The molecule has 0 bridgehead atoms. The van der Waals surface area contributed by atoms with Crippen LogP contribution in [0.1, 0.15) is 36.9 Å². The van der Waals surface area contributed by atoms with E-state index in [-0.39, 0.29) is 6.04 Å². The van der Waals surface area contributed by atoms with Gasteiger partial charge in [-0.1, -0.05) is 25.1 Å². The lowest BCUT2D eigenvalue weighted by atomic mass is 9.98. The Labute approximate surface area is 99.2 Å². The molecule has 1 unspecified atom stereocenters. The first-order valence-electron chi connectivity index (χ1n) is 5.94. The third-order valence-electron chi connectivity index (χ3n) is 3.40. The Morgan fingerprint density at radius 2 is 2.00 bits per heavy atom. The highest BCUT2D eigenvalue weighted by molar-refractivity contribution is 5.33. The van der Waals surface area contributed by atoms with Gasteiger partial charge in [0.15, 0.2) is 0 Å². The standard InChI is InChI=1S/C13H16F3N/c1-2-17-9-5-8-12(17)10-6-3-4-7-11(10)13(14,15)16/h3-4,6-7,12H,2,5,8-9H2,1H3. The van der Waals surface area contributed by atoms with Crippen molar-refractivity contribution in [2.75, 3.05) is 13.1 Å². The van der Waals surface area contributed by atoms with E-state index in [4.69, 9.17) is 0 Å². The van der Waals surface area contributed by atoms with Gasteiger partial charge in [-0.15, -0.1) is 0 Å². The molecule has 0 aliphatic carbocycles. The smallest absolute Gasteiger partial charge is 0.297 e. The van der Waals surface area contributed by atoms with Crippen LogP contribution in [0.25, 0.3) is 0 Å². The molecule has 1 heterocycles. The molecule has 0 aromatic heterocycles. The molecule has 17 heavy (non-hydrogen) atoms. The number of alkyl halides is 3. The third-order valence-corrected chi connectivity index (χ3v) is 3.40. The number of nitrogens with zero attached hydrogens (tertiary/aromatic N) is 1. The third kappa shape index (κ3) is 2.46. The van der Waals surface area contributed by atoms with E-state index in [9.17, 15) is 13.2 Å². The first-order chi connectivity index (χ1) is 8.04. The molecule has 1 aromatic carbocycles. The molecule has 1 aliphatic rings. The van der Waals surface area contributed by atoms with Gasteiger partial charge >= 0.3 is 6.18 Å². The molecule has 4 heteroatoms. The summed E-state index contributed by atoms with van der Waals surface area (Å²) in [5, 5.41) is 0. The molecule has 0 saturated carbocycles. The first-order valence-corrected chi connectivity index (χ1v) is 5.94. The van der Waals surface area contributed by atoms with Crippen LogP contribution in [0, 0.1) is 0 Å². The molecule has 1 fully saturated rings. The number of halogens is 3. The lowest BCUT2D eigenvalue weighted by Gasteiger charge is -2.25. The van der Waals surface area contributed by atoms with E-state index < -0.39 is 11.7 Å². The molecule has 94 valence electrons. The van der Waals surface area contributed by atoms with E-state index in [2.05, 4.69) is 4.90 Å². The number of rotatable bonds is 2. The van der Waals surface area contributed by atoms with Crippen molar-refractivity contribution in [3.8, 4) is 0 Å². The Balaban J connectivity index is 2.38. The summed E-state index contributed by atoms with van der Waals surface area (Å²) in [7, 11) is 0. The zero-order valence-corrected chi connectivity index (χ0v) is 9.80. The van der Waals surface area contributed by atoms with Crippen molar-refractivity contribution in [2.45, 2.75) is 32.0 Å². The van der Waals surface area contributed by atoms with Crippen LogP contribution in [0.2, 0.25) is 0 Å². The highest BCUT2D eigenvalue weighted by atomic mass is 19.4. The van der Waals surface area contributed by atoms with E-state index in [1.807, 2.05) is 6.92 Å². The van der Waals surface area contributed by atoms with Crippen LogP contribution in [0.4, 0.5) is 13.2 Å². The fourth-order valence-electron chi connectivity index (χ4n) is 2.60. The van der Waals surface area contributed by atoms with E-state index in [0.717, 1.165) is 25.9 Å². The molecule has 1 aromatic rings. The second-order valence-corrected chi connectivity index (χ2v) is 4.37. The Hall–Kier alpha value is -1.03. The maximum Gasteiger partial charge on any atom is 0.416 e. The molecule has 0 spiro atoms. The van der Waals surface area contributed by atoms with Crippen LogP contribution in [0.15, 0.2) is 24.3 Å². The molecule has 1 nitrogen and oxygen atoms in total. The van der Waals surface area contributed by atoms with Crippen LogP contribution in [-0.2, 0) is 6.18 Å². The number of hydrogen-bond acceptors (Lipinski definition) is 1. The number of benzene rings is 1. The van der Waals surface area contributed by atoms with Gasteiger partial charge < -0.3 is 0 Å². The minimum absolute atomic E-state index is 0.0715. The van der Waals surface area contributed by atoms with Gasteiger partial charge in [0.1, 0.15) is 0 Å². The zero-order chi connectivity index (χ0) is 12.5. The van der Waals surface area contributed by atoms with Gasteiger partial charge in [0.25, 0.3) is 0 Å². The minimum atomic E-state index is -4.25. The normalized spacial score (nSPS) is 22.0. The van der Waals surface area contributed by atoms with Crippen LogP contribution in [0.3, 0.4) is 0 Å². The quantitative estimate of drug-likeness (QED) is 0.762. The van der Waals surface area contributed by atoms with E-state index in [1.165, 1.54) is 12.1 Å². The van der Waals surface area contributed by atoms with Crippen molar-refractivity contribution >= 4 is 0 Å². The van der Waals surface area contributed by atoms with Gasteiger partial charge in [-0.3, -0.25) is 4.90 Å². The molecular weight excluding hydrogens is 227 g/mol. The second-order valence-electron chi connectivity index (χ2n) is 4.37. The molecular formula is C13H16F3N. The zero-order valence-electron chi connectivity index (χ0n) is 9.80. The van der Waals surface area contributed by atoms with Gasteiger partial charge in [0.05, 0.1) is 5.56 Å². The van der Waals surface area contributed by atoms with Crippen molar-refractivity contribution in [3.63, 3.8) is 0 Å². The Morgan fingerprint density at radius 3 is 2.65 bits per heavy atom. The van der Waals surface area contributed by atoms with Crippen molar-refractivity contribution in [1.82, 2.24) is 4.90 Å². The van der Waals surface area contributed by atoms with Crippen molar-refractivity contribution < 1.29 is 13.2 Å². The lowest BCUT2D eigenvalue weighted by Crippen LogP contribution is -2.24. The summed E-state index contributed by atoms with van der Waals surface area (Å²) in [5.41, 5.74) is -0.0512. The van der Waals surface area contributed by atoms with E-state index in [1.54, 1.807) is 12.1 Å². The highest BCUT2D eigenvalue weighted by Gasteiger charge is 2.37. The molecule has 2 rings (SSSR count). The van der Waals surface area contributed by atoms with Gasteiger partial charge in [-0.25, -0.2) is 0 Å². The Morgan fingerprint density at radius 1 is 1.29 bits per heavy atom. The van der Waals surface area contributed by atoms with Gasteiger partial charge in [0.2, 0.25) is 0 Å². The molecule has 0 N–H and O–H groups in total. The lowest BCUT2D eigenvalue weighted by molar-refractivity contribution is -0.138. The predicted molar refractivity (Wildman–Crippen MR) is 60.7 cm³/mol. The van der Waals surface area contributed by atoms with Crippen molar-refractivity contribution in [1.29, 1.82) is 0 Å². The summed E-state index contributed by atoms with van der Waals surface area (Å²) in [6, 6.07) is 5.87. The summed E-state index contributed by atoms with van der Waals surface area (Å²) < 4.78 is 38.7. The Bertz CT molecular complexity index is 386. The Kier molecular flexibility index (Phi) is 3.43. The van der Waals surface area contributed by atoms with Crippen LogP contribution < -0.4 is 0 Å².